The Labute approximate surface area is 154 Å². The summed E-state index contributed by atoms with van der Waals surface area (Å²) < 4.78 is 11.1. The van der Waals surface area contributed by atoms with Crippen LogP contribution in [0.2, 0.25) is 5.02 Å². The number of benzene rings is 1. The summed E-state index contributed by atoms with van der Waals surface area (Å²) in [4.78, 5) is 4.46. The summed E-state index contributed by atoms with van der Waals surface area (Å²) in [5.74, 6) is 0.646. The first-order chi connectivity index (χ1) is 12.1. The molecule has 0 spiro atoms. The van der Waals surface area contributed by atoms with Gasteiger partial charge in [-0.05, 0) is 26.3 Å². The summed E-state index contributed by atoms with van der Waals surface area (Å²) in [6.45, 7) is 7.01. The molecule has 6 nitrogen and oxygen atoms in total. The number of hydrogen-bond donors (Lipinski definition) is 3. The first kappa shape index (κ1) is 20.0. The van der Waals surface area contributed by atoms with Crippen LogP contribution in [0.25, 0.3) is 0 Å². The largest absolute Gasteiger partial charge is 0.386 e. The van der Waals surface area contributed by atoms with Gasteiger partial charge in [0.1, 0.15) is 6.10 Å². The number of ether oxygens (including phenoxy) is 2. The maximum atomic E-state index is 10.3. The van der Waals surface area contributed by atoms with Gasteiger partial charge in [-0.25, -0.2) is 0 Å². The summed E-state index contributed by atoms with van der Waals surface area (Å²) in [5, 5.41) is 17.3. The first-order valence-corrected chi connectivity index (χ1v) is 9.14. The topological polar surface area (TPSA) is 75.1 Å². The molecule has 1 fully saturated rings. The number of aliphatic imine (C=N–C) groups is 1. The van der Waals surface area contributed by atoms with Crippen LogP contribution >= 0.6 is 11.6 Å². The molecule has 140 valence electrons. The van der Waals surface area contributed by atoms with Crippen LogP contribution in [0, 0.1) is 0 Å². The van der Waals surface area contributed by atoms with Crippen molar-refractivity contribution in [3.63, 3.8) is 0 Å². The average molecular weight is 370 g/mol. The van der Waals surface area contributed by atoms with E-state index in [0.29, 0.717) is 29.8 Å². The van der Waals surface area contributed by atoms with Gasteiger partial charge in [-0.3, -0.25) is 4.99 Å². The van der Waals surface area contributed by atoms with Crippen LogP contribution in [0.5, 0.6) is 0 Å². The third kappa shape index (κ3) is 6.82. The van der Waals surface area contributed by atoms with Gasteiger partial charge in [0.05, 0.1) is 25.9 Å². The van der Waals surface area contributed by atoms with Gasteiger partial charge in [0, 0.05) is 29.8 Å². The fraction of sp³-hybridized carbons (Fsp3) is 0.611. The highest BCUT2D eigenvalue weighted by Gasteiger charge is 2.17. The SMILES string of the molecule is CCNC(=NCC(O)c1ccccc1Cl)NC(C)COC1CCOC1. The number of nitrogens with zero attached hydrogens (tertiary/aromatic N) is 1. The third-order valence-corrected chi connectivity index (χ3v) is 4.23. The van der Waals surface area contributed by atoms with Crippen LogP contribution in [0.15, 0.2) is 29.3 Å². The lowest BCUT2D eigenvalue weighted by Gasteiger charge is -2.20. The number of hydrogen-bond acceptors (Lipinski definition) is 4. The molecule has 1 aliphatic heterocycles. The van der Waals surface area contributed by atoms with E-state index in [0.717, 1.165) is 19.6 Å². The van der Waals surface area contributed by atoms with Crippen molar-refractivity contribution in [2.75, 3.05) is 32.9 Å². The second kappa shape index (κ2) is 10.6. The van der Waals surface area contributed by atoms with Gasteiger partial charge >= 0.3 is 0 Å². The molecule has 1 aromatic carbocycles. The molecule has 3 atom stereocenters. The zero-order valence-electron chi connectivity index (χ0n) is 14.9. The second-order valence-corrected chi connectivity index (χ2v) is 6.53. The van der Waals surface area contributed by atoms with Gasteiger partial charge < -0.3 is 25.2 Å². The van der Waals surface area contributed by atoms with E-state index in [1.165, 1.54) is 0 Å². The van der Waals surface area contributed by atoms with Crippen molar-refractivity contribution in [2.45, 2.75) is 38.5 Å². The van der Waals surface area contributed by atoms with Gasteiger partial charge in [-0.2, -0.15) is 0 Å². The van der Waals surface area contributed by atoms with Crippen LogP contribution in [0.1, 0.15) is 31.9 Å². The van der Waals surface area contributed by atoms with E-state index in [4.69, 9.17) is 21.1 Å². The molecule has 0 aliphatic carbocycles. The maximum Gasteiger partial charge on any atom is 0.191 e. The number of halogens is 1. The van der Waals surface area contributed by atoms with Crippen molar-refractivity contribution in [1.82, 2.24) is 10.6 Å². The van der Waals surface area contributed by atoms with Crippen LogP contribution in [0.3, 0.4) is 0 Å². The van der Waals surface area contributed by atoms with E-state index in [1.807, 2.05) is 32.0 Å². The van der Waals surface area contributed by atoms with E-state index in [1.54, 1.807) is 6.07 Å². The molecule has 0 radical (unpaired) electrons. The summed E-state index contributed by atoms with van der Waals surface area (Å²) >= 11 is 6.12. The summed E-state index contributed by atoms with van der Waals surface area (Å²) in [5.41, 5.74) is 0.682. The van der Waals surface area contributed by atoms with Crippen LogP contribution in [-0.2, 0) is 9.47 Å². The molecule has 0 amide bonds. The minimum Gasteiger partial charge on any atom is -0.386 e. The number of aliphatic hydroxyl groups excluding tert-OH is 1. The van der Waals surface area contributed by atoms with Crippen molar-refractivity contribution in [3.8, 4) is 0 Å². The predicted molar refractivity (Wildman–Crippen MR) is 100 cm³/mol. The van der Waals surface area contributed by atoms with Gasteiger partial charge in [0.15, 0.2) is 5.96 Å². The van der Waals surface area contributed by atoms with Crippen molar-refractivity contribution in [3.05, 3.63) is 34.9 Å². The Morgan fingerprint density at radius 3 is 2.96 bits per heavy atom. The van der Waals surface area contributed by atoms with Crippen LogP contribution < -0.4 is 10.6 Å². The lowest BCUT2D eigenvalue weighted by atomic mass is 10.1. The molecule has 3 unspecified atom stereocenters. The Balaban J connectivity index is 1.85. The Morgan fingerprint density at radius 1 is 1.48 bits per heavy atom. The molecule has 0 bridgehead atoms. The van der Waals surface area contributed by atoms with Crippen molar-refractivity contribution in [2.24, 2.45) is 4.99 Å². The van der Waals surface area contributed by atoms with Gasteiger partial charge in [-0.1, -0.05) is 29.8 Å². The fourth-order valence-electron chi connectivity index (χ4n) is 2.54. The smallest absolute Gasteiger partial charge is 0.191 e. The predicted octanol–water partition coefficient (Wildman–Crippen LogP) is 2.12. The minimum atomic E-state index is -0.744. The highest BCUT2D eigenvalue weighted by Crippen LogP contribution is 2.22. The third-order valence-electron chi connectivity index (χ3n) is 3.88. The van der Waals surface area contributed by atoms with Crippen molar-refractivity contribution >= 4 is 17.6 Å². The fourth-order valence-corrected chi connectivity index (χ4v) is 2.80. The number of nitrogens with one attached hydrogen (secondary N) is 2. The van der Waals surface area contributed by atoms with Crippen LogP contribution in [0.4, 0.5) is 0 Å². The Morgan fingerprint density at radius 2 is 2.28 bits per heavy atom. The standard InChI is InChI=1S/C18H28ClN3O3/c1-3-20-18(22-13(2)11-25-14-8-9-24-12-14)21-10-17(23)15-6-4-5-7-16(15)19/h4-7,13-14,17,23H,3,8-12H2,1-2H3,(H2,20,21,22). The molecule has 0 aromatic heterocycles. The molecule has 1 aromatic rings. The normalized spacial score (nSPS) is 20.3. The first-order valence-electron chi connectivity index (χ1n) is 8.76. The molecule has 25 heavy (non-hydrogen) atoms. The van der Waals surface area contributed by atoms with E-state index in [9.17, 15) is 5.11 Å². The molecule has 7 heteroatoms. The molecule has 1 aliphatic rings. The van der Waals surface area contributed by atoms with Gasteiger partial charge in [-0.15, -0.1) is 0 Å². The van der Waals surface area contributed by atoms with Gasteiger partial charge in [0.2, 0.25) is 0 Å². The summed E-state index contributed by atoms with van der Waals surface area (Å²) in [6.07, 6.45) is 0.391. The highest BCUT2D eigenvalue weighted by atomic mass is 35.5. The van der Waals surface area contributed by atoms with Crippen LogP contribution in [-0.4, -0.2) is 56.1 Å². The van der Waals surface area contributed by atoms with E-state index < -0.39 is 6.10 Å². The zero-order valence-corrected chi connectivity index (χ0v) is 15.6. The lowest BCUT2D eigenvalue weighted by molar-refractivity contribution is 0.0347. The molecular weight excluding hydrogens is 342 g/mol. The highest BCUT2D eigenvalue weighted by molar-refractivity contribution is 6.31. The quantitative estimate of drug-likeness (QED) is 0.483. The molecule has 1 heterocycles. The lowest BCUT2D eigenvalue weighted by Crippen LogP contribution is -2.44. The zero-order chi connectivity index (χ0) is 18.1. The van der Waals surface area contributed by atoms with E-state index >= 15 is 0 Å². The number of aliphatic hydroxyl groups is 1. The Hall–Kier alpha value is -1.34. The average Bonchev–Trinajstić information content (AvgIpc) is 3.12. The molecule has 3 N–H and O–H groups in total. The van der Waals surface area contributed by atoms with Crippen molar-refractivity contribution < 1.29 is 14.6 Å². The monoisotopic (exact) mass is 369 g/mol. The number of rotatable bonds is 8. The molecule has 0 saturated carbocycles. The second-order valence-electron chi connectivity index (χ2n) is 6.12. The summed E-state index contributed by atoms with van der Waals surface area (Å²) in [6, 6.07) is 7.35. The van der Waals surface area contributed by atoms with E-state index in [-0.39, 0.29) is 18.7 Å². The van der Waals surface area contributed by atoms with Crippen molar-refractivity contribution in [1.29, 1.82) is 0 Å². The van der Waals surface area contributed by atoms with Gasteiger partial charge in [0.25, 0.3) is 0 Å². The molecular formula is C18H28ClN3O3. The Kier molecular flexibility index (Phi) is 8.48. The maximum absolute atomic E-state index is 10.3. The Bertz CT molecular complexity index is 550. The van der Waals surface area contributed by atoms with E-state index in [2.05, 4.69) is 15.6 Å². The summed E-state index contributed by atoms with van der Waals surface area (Å²) in [7, 11) is 0. The molecule has 2 rings (SSSR count). The number of guanidine groups is 1. The molecule has 1 saturated heterocycles. The minimum absolute atomic E-state index is 0.0934.